The van der Waals surface area contributed by atoms with Crippen LogP contribution in [0, 0.1) is 5.92 Å². The van der Waals surface area contributed by atoms with E-state index in [1.165, 1.54) is 12.8 Å². The zero-order valence-corrected chi connectivity index (χ0v) is 8.67. The lowest BCUT2D eigenvalue weighted by Gasteiger charge is -2.11. The van der Waals surface area contributed by atoms with Gasteiger partial charge in [0.05, 0.1) is 5.02 Å². The van der Waals surface area contributed by atoms with Crippen LogP contribution in [0.3, 0.4) is 0 Å². The molecule has 1 atom stereocenters. The van der Waals surface area contributed by atoms with Crippen molar-refractivity contribution in [3.63, 3.8) is 0 Å². The Labute approximate surface area is 88.7 Å². The third-order valence-electron chi connectivity index (χ3n) is 2.68. The topological polar surface area (TPSA) is 46.2 Å². The van der Waals surface area contributed by atoms with E-state index in [1.54, 1.807) is 12.1 Å². The van der Waals surface area contributed by atoms with Crippen LogP contribution in [0.25, 0.3) is 0 Å². The first-order valence-electron chi connectivity index (χ1n) is 4.91. The van der Waals surface area contributed by atoms with E-state index in [0.29, 0.717) is 5.02 Å². The minimum Gasteiger partial charge on any atom is -0.506 e. The van der Waals surface area contributed by atoms with Gasteiger partial charge in [0, 0.05) is 6.04 Å². The van der Waals surface area contributed by atoms with Crippen LogP contribution in [-0.4, -0.2) is 5.11 Å². The highest BCUT2D eigenvalue weighted by atomic mass is 35.5. The molecule has 0 aliphatic heterocycles. The van der Waals surface area contributed by atoms with Crippen LogP contribution >= 0.6 is 11.6 Å². The summed E-state index contributed by atoms with van der Waals surface area (Å²) >= 11 is 5.80. The highest BCUT2D eigenvalue weighted by molar-refractivity contribution is 6.32. The Morgan fingerprint density at radius 3 is 2.79 bits per heavy atom. The van der Waals surface area contributed by atoms with E-state index in [1.807, 2.05) is 6.07 Å². The van der Waals surface area contributed by atoms with Gasteiger partial charge in [0.1, 0.15) is 5.75 Å². The molecule has 0 unspecified atom stereocenters. The SMILES string of the molecule is N[C@H](CC1CC1)c1ccc(O)c(Cl)c1. The average molecular weight is 212 g/mol. The predicted octanol–water partition coefficient (Wildman–Crippen LogP) is 2.85. The fourth-order valence-corrected chi connectivity index (χ4v) is 1.79. The molecule has 76 valence electrons. The van der Waals surface area contributed by atoms with E-state index in [9.17, 15) is 5.11 Å². The molecule has 2 nitrogen and oxygen atoms in total. The average Bonchev–Trinajstić information content (AvgIpc) is 2.93. The maximum absolute atomic E-state index is 9.25. The highest BCUT2D eigenvalue weighted by Gasteiger charge is 2.24. The van der Waals surface area contributed by atoms with Crippen molar-refractivity contribution in [1.82, 2.24) is 0 Å². The highest BCUT2D eigenvalue weighted by Crippen LogP contribution is 2.37. The first-order chi connectivity index (χ1) is 6.66. The molecule has 1 aliphatic rings. The number of phenols is 1. The minimum atomic E-state index is 0.0561. The molecule has 0 heterocycles. The quantitative estimate of drug-likeness (QED) is 0.808. The Bertz CT molecular complexity index is 336. The van der Waals surface area contributed by atoms with Crippen LogP contribution in [0.5, 0.6) is 5.75 Å². The Balaban J connectivity index is 2.10. The molecule has 1 aromatic carbocycles. The van der Waals surface area contributed by atoms with Crippen molar-refractivity contribution in [3.8, 4) is 5.75 Å². The van der Waals surface area contributed by atoms with Gasteiger partial charge in [-0.1, -0.05) is 30.5 Å². The van der Waals surface area contributed by atoms with Crippen LogP contribution in [0.15, 0.2) is 18.2 Å². The summed E-state index contributed by atoms with van der Waals surface area (Å²) in [5, 5.41) is 9.63. The van der Waals surface area contributed by atoms with Crippen molar-refractivity contribution in [3.05, 3.63) is 28.8 Å². The van der Waals surface area contributed by atoms with Crippen molar-refractivity contribution < 1.29 is 5.11 Å². The van der Waals surface area contributed by atoms with E-state index in [-0.39, 0.29) is 11.8 Å². The second-order valence-corrected chi connectivity index (χ2v) is 4.40. The van der Waals surface area contributed by atoms with E-state index < -0.39 is 0 Å². The van der Waals surface area contributed by atoms with Gasteiger partial charge < -0.3 is 10.8 Å². The number of hydrogen-bond acceptors (Lipinski definition) is 2. The smallest absolute Gasteiger partial charge is 0.134 e. The molecule has 1 aliphatic carbocycles. The molecule has 0 radical (unpaired) electrons. The van der Waals surface area contributed by atoms with E-state index in [2.05, 4.69) is 0 Å². The third-order valence-corrected chi connectivity index (χ3v) is 2.99. The van der Waals surface area contributed by atoms with Gasteiger partial charge in [0.2, 0.25) is 0 Å². The molecule has 0 saturated heterocycles. The Morgan fingerprint density at radius 1 is 1.50 bits per heavy atom. The molecule has 1 aromatic rings. The monoisotopic (exact) mass is 211 g/mol. The summed E-state index contributed by atoms with van der Waals surface area (Å²) in [6.45, 7) is 0. The number of phenolic OH excluding ortho intramolecular Hbond substituents is 1. The second-order valence-electron chi connectivity index (χ2n) is 4.00. The number of halogens is 1. The lowest BCUT2D eigenvalue weighted by molar-refractivity contribution is 0.475. The van der Waals surface area contributed by atoms with Crippen molar-refractivity contribution in [1.29, 1.82) is 0 Å². The van der Waals surface area contributed by atoms with Crippen LogP contribution in [0.1, 0.15) is 30.9 Å². The molecule has 14 heavy (non-hydrogen) atoms. The molecule has 3 N–H and O–H groups in total. The molecule has 0 aromatic heterocycles. The number of nitrogens with two attached hydrogens (primary N) is 1. The summed E-state index contributed by atoms with van der Waals surface area (Å²) in [6, 6.07) is 5.25. The van der Waals surface area contributed by atoms with Crippen LogP contribution in [0.4, 0.5) is 0 Å². The summed E-state index contributed by atoms with van der Waals surface area (Å²) < 4.78 is 0. The summed E-state index contributed by atoms with van der Waals surface area (Å²) in [4.78, 5) is 0. The fourth-order valence-electron chi connectivity index (χ4n) is 1.60. The van der Waals surface area contributed by atoms with E-state index in [4.69, 9.17) is 17.3 Å². The molecular formula is C11H14ClNO. The van der Waals surface area contributed by atoms with Gasteiger partial charge in [-0.05, 0) is 30.0 Å². The Hall–Kier alpha value is -0.730. The zero-order valence-electron chi connectivity index (χ0n) is 7.91. The molecular weight excluding hydrogens is 198 g/mol. The van der Waals surface area contributed by atoms with Crippen LogP contribution < -0.4 is 5.73 Å². The molecule has 0 bridgehead atoms. The van der Waals surface area contributed by atoms with Crippen LogP contribution in [0.2, 0.25) is 5.02 Å². The lowest BCUT2D eigenvalue weighted by Crippen LogP contribution is -2.10. The Kier molecular flexibility index (Phi) is 2.66. The number of benzene rings is 1. The molecule has 0 spiro atoms. The first kappa shape index (κ1) is 9.81. The zero-order chi connectivity index (χ0) is 10.1. The normalized spacial score (nSPS) is 18.1. The van der Waals surface area contributed by atoms with Gasteiger partial charge in [0.25, 0.3) is 0 Å². The third kappa shape index (κ3) is 2.20. The largest absolute Gasteiger partial charge is 0.506 e. The predicted molar refractivity (Wildman–Crippen MR) is 57.4 cm³/mol. The number of hydrogen-bond donors (Lipinski definition) is 2. The van der Waals surface area contributed by atoms with Crippen LogP contribution in [-0.2, 0) is 0 Å². The number of aromatic hydroxyl groups is 1. The van der Waals surface area contributed by atoms with Crippen molar-refractivity contribution in [2.75, 3.05) is 0 Å². The van der Waals surface area contributed by atoms with Gasteiger partial charge in [-0.25, -0.2) is 0 Å². The van der Waals surface area contributed by atoms with Gasteiger partial charge in [-0.15, -0.1) is 0 Å². The van der Waals surface area contributed by atoms with E-state index >= 15 is 0 Å². The molecule has 2 rings (SSSR count). The maximum atomic E-state index is 9.25. The molecule has 3 heteroatoms. The van der Waals surface area contributed by atoms with Crippen molar-refractivity contribution >= 4 is 11.6 Å². The van der Waals surface area contributed by atoms with Gasteiger partial charge in [-0.2, -0.15) is 0 Å². The summed E-state index contributed by atoms with van der Waals surface area (Å²) in [6.07, 6.45) is 3.64. The van der Waals surface area contributed by atoms with Gasteiger partial charge in [-0.3, -0.25) is 0 Å². The van der Waals surface area contributed by atoms with Crippen molar-refractivity contribution in [2.45, 2.75) is 25.3 Å². The van der Waals surface area contributed by atoms with Crippen molar-refractivity contribution in [2.24, 2.45) is 11.7 Å². The minimum absolute atomic E-state index is 0.0561. The first-order valence-corrected chi connectivity index (χ1v) is 5.28. The molecule has 1 fully saturated rings. The second kappa shape index (κ2) is 3.79. The maximum Gasteiger partial charge on any atom is 0.134 e. The standard InChI is InChI=1S/C11H14ClNO/c12-9-6-8(3-4-11(9)14)10(13)5-7-1-2-7/h3-4,6-7,10,14H,1-2,5,13H2/t10-/m1/s1. The Morgan fingerprint density at radius 2 is 2.21 bits per heavy atom. The molecule has 1 saturated carbocycles. The fraction of sp³-hybridized carbons (Fsp3) is 0.455. The molecule has 0 amide bonds. The summed E-state index contributed by atoms with van der Waals surface area (Å²) in [7, 11) is 0. The number of rotatable bonds is 3. The summed E-state index contributed by atoms with van der Waals surface area (Å²) in [5.41, 5.74) is 7.03. The van der Waals surface area contributed by atoms with Gasteiger partial charge >= 0.3 is 0 Å². The summed E-state index contributed by atoms with van der Waals surface area (Å²) in [5.74, 6) is 0.923. The van der Waals surface area contributed by atoms with Gasteiger partial charge in [0.15, 0.2) is 0 Å². The van der Waals surface area contributed by atoms with E-state index in [0.717, 1.165) is 17.9 Å². The lowest BCUT2D eigenvalue weighted by atomic mass is 10.0.